The lowest BCUT2D eigenvalue weighted by Gasteiger charge is -2.33. The van der Waals surface area contributed by atoms with Crippen LogP contribution < -0.4 is 4.90 Å². The minimum atomic E-state index is -0.673. The molecule has 42 heavy (non-hydrogen) atoms. The number of hydrogen-bond acceptors (Lipinski definition) is 9. The molecule has 10 nitrogen and oxygen atoms in total. The van der Waals surface area contributed by atoms with Crippen molar-refractivity contribution in [1.82, 2.24) is 29.7 Å². The van der Waals surface area contributed by atoms with E-state index in [0.717, 1.165) is 68.6 Å². The second-order valence-corrected chi connectivity index (χ2v) is 10.8. The number of hydrogen-bond donors (Lipinski definition) is 0. The molecule has 0 N–H and O–H groups in total. The number of piperazine rings is 1. The summed E-state index contributed by atoms with van der Waals surface area (Å²) >= 11 is 0. The number of nitrogens with zero attached hydrogens (tertiary/aromatic N) is 7. The van der Waals surface area contributed by atoms with Crippen molar-refractivity contribution in [2.24, 2.45) is 0 Å². The Kier molecular flexibility index (Phi) is 9.02. The van der Waals surface area contributed by atoms with E-state index < -0.39 is 6.16 Å². The van der Waals surface area contributed by atoms with Gasteiger partial charge in [-0.05, 0) is 36.1 Å². The summed E-state index contributed by atoms with van der Waals surface area (Å²) in [6.45, 7) is 6.24. The number of piperidine rings is 1. The third-order valence-corrected chi connectivity index (χ3v) is 7.97. The van der Waals surface area contributed by atoms with Gasteiger partial charge in [-0.15, -0.1) is 15.3 Å². The summed E-state index contributed by atoms with van der Waals surface area (Å²) in [6.07, 6.45) is 3.21. The molecule has 4 aromatic rings. The smallest absolute Gasteiger partial charge is 0.428 e. The average molecular weight is 568 g/mol. The van der Waals surface area contributed by atoms with Gasteiger partial charge in [0.1, 0.15) is 24.1 Å². The van der Waals surface area contributed by atoms with Crippen LogP contribution in [0.4, 0.5) is 10.6 Å². The van der Waals surface area contributed by atoms with E-state index in [1.54, 1.807) is 5.06 Å². The Morgan fingerprint density at radius 2 is 1.45 bits per heavy atom. The number of carbonyl (C=O) groups is 1. The van der Waals surface area contributed by atoms with E-state index in [4.69, 9.17) is 19.8 Å². The molecule has 2 aliphatic rings. The number of rotatable bonds is 9. The Hall–Kier alpha value is -4.28. The fraction of sp³-hybridized carbons (Fsp3) is 0.375. The molecule has 218 valence electrons. The molecule has 0 saturated carbocycles. The summed E-state index contributed by atoms with van der Waals surface area (Å²) in [4.78, 5) is 26.9. The third-order valence-electron chi connectivity index (χ3n) is 7.97. The van der Waals surface area contributed by atoms with Crippen molar-refractivity contribution in [2.75, 3.05) is 44.2 Å². The first-order valence-electron chi connectivity index (χ1n) is 14.7. The van der Waals surface area contributed by atoms with Crippen molar-refractivity contribution >= 4 is 12.0 Å². The van der Waals surface area contributed by atoms with Gasteiger partial charge in [-0.3, -0.25) is 4.90 Å². The number of carbonyl (C=O) groups excluding carboxylic acids is 1. The molecular weight excluding hydrogens is 530 g/mol. The van der Waals surface area contributed by atoms with E-state index in [1.165, 1.54) is 5.56 Å². The molecule has 2 saturated heterocycles. The number of benzene rings is 2. The first-order chi connectivity index (χ1) is 20.7. The van der Waals surface area contributed by atoms with Crippen LogP contribution >= 0.6 is 0 Å². The summed E-state index contributed by atoms with van der Waals surface area (Å²) < 4.78 is 7.59. The van der Waals surface area contributed by atoms with Crippen LogP contribution in [0.2, 0.25) is 0 Å². The molecule has 0 spiro atoms. The quantitative estimate of drug-likeness (QED) is 0.272. The van der Waals surface area contributed by atoms with Crippen LogP contribution in [0.5, 0.6) is 0 Å². The standard InChI is InChI=1S/C32H37N7O3/c40-32(41-25-27-11-5-2-6-12-27)42-38-21-19-36(20-22-38)24-30-34-35-31(39(30)23-26-9-3-1-4-10-26)28-14-17-37(18-15-28)29-13-7-8-16-33-29/h1-13,16,28H,14-15,17-25H2. The molecule has 2 fully saturated rings. The third kappa shape index (κ3) is 7.13. The molecule has 0 unspecified atom stereocenters. The van der Waals surface area contributed by atoms with E-state index >= 15 is 0 Å². The monoisotopic (exact) mass is 567 g/mol. The van der Waals surface area contributed by atoms with Crippen LogP contribution in [-0.2, 0) is 29.3 Å². The van der Waals surface area contributed by atoms with E-state index in [2.05, 4.69) is 49.7 Å². The van der Waals surface area contributed by atoms with Gasteiger partial charge in [-0.1, -0.05) is 66.7 Å². The summed E-state index contributed by atoms with van der Waals surface area (Å²) in [5, 5.41) is 11.1. The van der Waals surface area contributed by atoms with Gasteiger partial charge < -0.3 is 19.0 Å². The maximum atomic E-state index is 12.2. The van der Waals surface area contributed by atoms with Crippen molar-refractivity contribution < 1.29 is 14.4 Å². The predicted molar refractivity (Wildman–Crippen MR) is 159 cm³/mol. The Balaban J connectivity index is 1.06. The van der Waals surface area contributed by atoms with Crippen molar-refractivity contribution in [3.63, 3.8) is 0 Å². The lowest BCUT2D eigenvalue weighted by Crippen LogP contribution is -2.46. The molecular formula is C32H37N7O3. The summed E-state index contributed by atoms with van der Waals surface area (Å²) in [5.74, 6) is 3.42. The molecule has 0 radical (unpaired) electrons. The van der Waals surface area contributed by atoms with Crippen molar-refractivity contribution in [1.29, 1.82) is 0 Å². The highest BCUT2D eigenvalue weighted by molar-refractivity contribution is 5.59. The van der Waals surface area contributed by atoms with Gasteiger partial charge in [0.15, 0.2) is 0 Å². The van der Waals surface area contributed by atoms with Gasteiger partial charge in [0.05, 0.1) is 13.1 Å². The number of aromatic nitrogens is 4. The first kappa shape index (κ1) is 27.9. The van der Waals surface area contributed by atoms with Crippen LogP contribution in [0.1, 0.15) is 41.5 Å². The normalized spacial score (nSPS) is 16.8. The highest BCUT2D eigenvalue weighted by Gasteiger charge is 2.28. The van der Waals surface area contributed by atoms with Gasteiger partial charge >= 0.3 is 6.16 Å². The van der Waals surface area contributed by atoms with Gasteiger partial charge in [0.2, 0.25) is 0 Å². The van der Waals surface area contributed by atoms with Crippen LogP contribution in [0.15, 0.2) is 85.1 Å². The zero-order valence-corrected chi connectivity index (χ0v) is 23.8. The molecule has 6 rings (SSSR count). The molecule has 0 aliphatic carbocycles. The van der Waals surface area contributed by atoms with E-state index in [0.29, 0.717) is 25.6 Å². The largest absolute Gasteiger partial charge is 0.528 e. The van der Waals surface area contributed by atoms with Gasteiger partial charge in [0, 0.05) is 51.4 Å². The topological polar surface area (TPSA) is 88.8 Å². The fourth-order valence-corrected chi connectivity index (χ4v) is 5.64. The molecule has 2 aliphatic heterocycles. The Morgan fingerprint density at radius 1 is 0.762 bits per heavy atom. The zero-order chi connectivity index (χ0) is 28.6. The predicted octanol–water partition coefficient (Wildman–Crippen LogP) is 4.49. The number of pyridine rings is 1. The molecule has 0 amide bonds. The van der Waals surface area contributed by atoms with Crippen LogP contribution in [0.3, 0.4) is 0 Å². The summed E-state index contributed by atoms with van der Waals surface area (Å²) in [6, 6.07) is 26.2. The lowest BCUT2D eigenvalue weighted by atomic mass is 9.95. The maximum absolute atomic E-state index is 12.2. The second kappa shape index (κ2) is 13.6. The van der Waals surface area contributed by atoms with Gasteiger partial charge in [-0.25, -0.2) is 9.78 Å². The molecule has 2 aromatic carbocycles. The number of ether oxygens (including phenoxy) is 1. The Labute approximate surface area is 246 Å². The SMILES string of the molecule is O=C(OCc1ccccc1)ON1CCN(Cc2nnc(C3CCN(c4ccccn4)CC3)n2Cc2ccccc2)CC1. The van der Waals surface area contributed by atoms with Crippen molar-refractivity contribution in [2.45, 2.75) is 38.5 Å². The Morgan fingerprint density at radius 3 is 2.14 bits per heavy atom. The highest BCUT2D eigenvalue weighted by Crippen LogP contribution is 2.30. The zero-order valence-electron chi connectivity index (χ0n) is 23.8. The highest BCUT2D eigenvalue weighted by atomic mass is 16.8. The van der Waals surface area contributed by atoms with Crippen LogP contribution in [0.25, 0.3) is 0 Å². The minimum Gasteiger partial charge on any atom is -0.428 e. The molecule has 2 aromatic heterocycles. The molecule has 0 bridgehead atoms. The first-order valence-corrected chi connectivity index (χ1v) is 14.7. The Bertz CT molecular complexity index is 1400. The van der Waals surface area contributed by atoms with Gasteiger partial charge in [0.25, 0.3) is 0 Å². The molecule has 0 atom stereocenters. The van der Waals surface area contributed by atoms with E-state index in [9.17, 15) is 4.79 Å². The molecule has 4 heterocycles. The fourth-order valence-electron chi connectivity index (χ4n) is 5.64. The molecule has 10 heteroatoms. The van der Waals surface area contributed by atoms with Crippen molar-refractivity contribution in [3.8, 4) is 0 Å². The van der Waals surface area contributed by atoms with Gasteiger partial charge in [-0.2, -0.15) is 0 Å². The number of hydroxylamine groups is 2. The maximum Gasteiger partial charge on any atom is 0.528 e. The number of anilines is 1. The lowest BCUT2D eigenvalue weighted by molar-refractivity contribution is -0.148. The average Bonchev–Trinajstić information content (AvgIpc) is 3.44. The van der Waals surface area contributed by atoms with Crippen LogP contribution in [0, 0.1) is 0 Å². The second-order valence-electron chi connectivity index (χ2n) is 10.8. The van der Waals surface area contributed by atoms with Crippen molar-refractivity contribution in [3.05, 3.63) is 108 Å². The summed E-state index contributed by atoms with van der Waals surface area (Å²) in [7, 11) is 0. The summed E-state index contributed by atoms with van der Waals surface area (Å²) in [5.41, 5.74) is 2.16. The minimum absolute atomic E-state index is 0.196. The van der Waals surface area contributed by atoms with Crippen LogP contribution in [-0.4, -0.2) is 75.1 Å². The van der Waals surface area contributed by atoms with E-state index in [-0.39, 0.29) is 6.61 Å². The van der Waals surface area contributed by atoms with E-state index in [1.807, 2.05) is 54.7 Å².